The number of fused-ring (bicyclic) bond motifs is 1. The van der Waals surface area contributed by atoms with E-state index in [2.05, 4.69) is 5.10 Å². The van der Waals surface area contributed by atoms with Crippen LogP contribution in [0, 0.1) is 0 Å². The van der Waals surface area contributed by atoms with Crippen molar-refractivity contribution in [1.82, 2.24) is 14.5 Å². The van der Waals surface area contributed by atoms with E-state index in [0.29, 0.717) is 25.9 Å². The number of hydrogen-bond donors (Lipinski definition) is 1. The predicted octanol–water partition coefficient (Wildman–Crippen LogP) is 3.53. The van der Waals surface area contributed by atoms with Gasteiger partial charge in [-0.1, -0.05) is 12.1 Å². The molecule has 1 aromatic carbocycles. The smallest absolute Gasteiger partial charge is 0.407 e. The van der Waals surface area contributed by atoms with Crippen molar-refractivity contribution in [3.63, 3.8) is 0 Å². The van der Waals surface area contributed by atoms with E-state index < -0.39 is 6.09 Å². The van der Waals surface area contributed by atoms with Gasteiger partial charge in [-0.2, -0.15) is 5.10 Å². The van der Waals surface area contributed by atoms with Crippen LogP contribution in [0.2, 0.25) is 0 Å². The Kier molecular flexibility index (Phi) is 4.58. The van der Waals surface area contributed by atoms with Gasteiger partial charge in [0.2, 0.25) is 0 Å². The molecule has 0 aliphatic carbocycles. The highest BCUT2D eigenvalue weighted by Gasteiger charge is 2.23. The maximum atomic E-state index is 11.0. The molecule has 4 rings (SSSR count). The van der Waals surface area contributed by atoms with Gasteiger partial charge in [0.15, 0.2) is 0 Å². The van der Waals surface area contributed by atoms with Crippen LogP contribution in [0.15, 0.2) is 48.8 Å². The first-order valence-electron chi connectivity index (χ1n) is 8.90. The summed E-state index contributed by atoms with van der Waals surface area (Å²) in [6.07, 6.45) is 4.32. The fraction of sp³-hybridized carbons (Fsp3) is 0.300. The molecule has 1 aliphatic heterocycles. The van der Waals surface area contributed by atoms with Crippen LogP contribution >= 0.6 is 0 Å². The number of methoxy groups -OCH3 is 1. The molecule has 1 amide bonds. The van der Waals surface area contributed by atoms with Gasteiger partial charge in [-0.3, -0.25) is 0 Å². The Hall–Kier alpha value is -3.22. The van der Waals surface area contributed by atoms with Crippen molar-refractivity contribution in [2.45, 2.75) is 18.9 Å². The highest BCUT2D eigenvalue weighted by molar-refractivity contribution is 5.71. The number of amides is 1. The lowest BCUT2D eigenvalue weighted by atomic mass is 10.1. The van der Waals surface area contributed by atoms with Crippen LogP contribution in [0.5, 0.6) is 11.5 Å². The van der Waals surface area contributed by atoms with E-state index >= 15 is 0 Å². The molecule has 3 heterocycles. The number of piperidine rings is 1. The van der Waals surface area contributed by atoms with E-state index in [1.165, 1.54) is 4.90 Å². The molecule has 7 nitrogen and oxygen atoms in total. The molecule has 0 atom stereocenters. The van der Waals surface area contributed by atoms with E-state index in [0.717, 1.165) is 28.1 Å². The fourth-order valence-corrected chi connectivity index (χ4v) is 3.40. The van der Waals surface area contributed by atoms with Gasteiger partial charge in [0.25, 0.3) is 0 Å². The van der Waals surface area contributed by atoms with Gasteiger partial charge in [0.05, 0.1) is 13.3 Å². The third-order valence-corrected chi connectivity index (χ3v) is 4.89. The minimum Gasteiger partial charge on any atom is -0.494 e. The molecule has 140 valence electrons. The summed E-state index contributed by atoms with van der Waals surface area (Å²) in [7, 11) is 1.65. The average molecular weight is 367 g/mol. The summed E-state index contributed by atoms with van der Waals surface area (Å²) in [6, 6.07) is 11.8. The third-order valence-electron chi connectivity index (χ3n) is 4.89. The summed E-state index contributed by atoms with van der Waals surface area (Å²) >= 11 is 0. The Morgan fingerprint density at radius 1 is 1.15 bits per heavy atom. The highest BCUT2D eigenvalue weighted by Crippen LogP contribution is 2.29. The first-order valence-corrected chi connectivity index (χ1v) is 8.90. The maximum Gasteiger partial charge on any atom is 0.407 e. The number of ether oxygens (including phenoxy) is 2. The highest BCUT2D eigenvalue weighted by atomic mass is 16.5. The summed E-state index contributed by atoms with van der Waals surface area (Å²) in [5.41, 5.74) is 2.97. The Balaban J connectivity index is 1.47. The van der Waals surface area contributed by atoms with Crippen LogP contribution in [0.4, 0.5) is 4.79 Å². The first-order chi connectivity index (χ1) is 13.1. The molecule has 0 saturated carbocycles. The minimum absolute atomic E-state index is 0.0481. The number of aromatic nitrogens is 2. The molecular weight excluding hydrogens is 346 g/mol. The molecule has 1 fully saturated rings. The third kappa shape index (κ3) is 3.53. The zero-order valence-corrected chi connectivity index (χ0v) is 15.0. The number of rotatable bonds is 4. The van der Waals surface area contributed by atoms with Crippen LogP contribution in [-0.4, -0.2) is 52.0 Å². The molecule has 0 radical (unpaired) electrons. The molecule has 1 N–H and O–H groups in total. The van der Waals surface area contributed by atoms with E-state index in [4.69, 9.17) is 14.6 Å². The molecule has 0 unspecified atom stereocenters. The fourth-order valence-electron chi connectivity index (χ4n) is 3.40. The molecule has 3 aromatic rings. The lowest BCUT2D eigenvalue weighted by molar-refractivity contribution is 0.0895. The quantitative estimate of drug-likeness (QED) is 0.763. The summed E-state index contributed by atoms with van der Waals surface area (Å²) in [5, 5.41) is 13.3. The van der Waals surface area contributed by atoms with Crippen molar-refractivity contribution in [3.8, 4) is 22.6 Å². The van der Waals surface area contributed by atoms with E-state index in [9.17, 15) is 4.79 Å². The van der Waals surface area contributed by atoms with Gasteiger partial charge < -0.3 is 19.5 Å². The molecule has 0 spiro atoms. The van der Waals surface area contributed by atoms with Gasteiger partial charge in [0.1, 0.15) is 23.1 Å². The van der Waals surface area contributed by atoms with Crippen molar-refractivity contribution in [2.75, 3.05) is 20.2 Å². The van der Waals surface area contributed by atoms with Crippen LogP contribution < -0.4 is 9.47 Å². The van der Waals surface area contributed by atoms with Crippen LogP contribution in [-0.2, 0) is 0 Å². The average Bonchev–Trinajstić information content (AvgIpc) is 3.17. The monoisotopic (exact) mass is 367 g/mol. The number of nitrogens with zero attached hydrogens (tertiary/aromatic N) is 3. The molecule has 7 heteroatoms. The largest absolute Gasteiger partial charge is 0.494 e. The Morgan fingerprint density at radius 2 is 1.89 bits per heavy atom. The number of likely N-dealkylation sites (tertiary alicyclic amines) is 1. The van der Waals surface area contributed by atoms with Crippen molar-refractivity contribution in [1.29, 1.82) is 0 Å². The van der Waals surface area contributed by atoms with Gasteiger partial charge in [-0.25, -0.2) is 9.31 Å². The number of benzene rings is 1. The zero-order valence-electron chi connectivity index (χ0n) is 15.0. The van der Waals surface area contributed by atoms with Crippen molar-refractivity contribution >= 4 is 11.6 Å². The van der Waals surface area contributed by atoms with Crippen molar-refractivity contribution in [3.05, 3.63) is 48.8 Å². The summed E-state index contributed by atoms with van der Waals surface area (Å²) in [5.74, 6) is 1.56. The molecule has 0 bridgehead atoms. The normalized spacial score (nSPS) is 15.1. The van der Waals surface area contributed by atoms with Gasteiger partial charge >= 0.3 is 6.09 Å². The van der Waals surface area contributed by atoms with Crippen LogP contribution in [0.25, 0.3) is 16.6 Å². The molecular formula is C20H21N3O4. The van der Waals surface area contributed by atoms with Crippen LogP contribution in [0.3, 0.4) is 0 Å². The van der Waals surface area contributed by atoms with E-state index in [1.807, 2.05) is 42.6 Å². The molecule has 1 aliphatic rings. The van der Waals surface area contributed by atoms with Crippen molar-refractivity contribution < 1.29 is 19.4 Å². The summed E-state index contributed by atoms with van der Waals surface area (Å²) < 4.78 is 13.3. The minimum atomic E-state index is -0.859. The molecule has 2 aromatic heterocycles. The second-order valence-electron chi connectivity index (χ2n) is 6.57. The lowest BCUT2D eigenvalue weighted by Crippen LogP contribution is -2.41. The number of carbonyl (C=O) groups is 1. The Bertz CT molecular complexity index is 944. The van der Waals surface area contributed by atoms with Crippen LogP contribution in [0.1, 0.15) is 12.8 Å². The lowest BCUT2D eigenvalue weighted by Gasteiger charge is -2.30. The number of hydrogen-bond acceptors (Lipinski definition) is 4. The summed E-state index contributed by atoms with van der Waals surface area (Å²) in [6.45, 7) is 1.03. The van der Waals surface area contributed by atoms with E-state index in [1.54, 1.807) is 17.8 Å². The number of carboxylic acid groups (broad SMARTS) is 1. The SMILES string of the molecule is COc1cc(-c2ccc(OC3CCN(C(=O)O)CC3)cc2)cn2nccc12. The van der Waals surface area contributed by atoms with E-state index in [-0.39, 0.29) is 6.10 Å². The number of pyridine rings is 1. The summed E-state index contributed by atoms with van der Waals surface area (Å²) in [4.78, 5) is 12.4. The topological polar surface area (TPSA) is 76.3 Å². The predicted molar refractivity (Wildman–Crippen MR) is 100 cm³/mol. The zero-order chi connectivity index (χ0) is 18.8. The standard InChI is InChI=1S/C20H21N3O4/c1-26-19-12-15(13-23-18(19)6-9-21-23)14-2-4-16(5-3-14)27-17-7-10-22(11-8-17)20(24)25/h2-6,9,12-13,17H,7-8,10-11H2,1H3,(H,24,25). The van der Waals surface area contributed by atoms with Gasteiger partial charge in [-0.05, 0) is 29.8 Å². The second kappa shape index (κ2) is 7.19. The van der Waals surface area contributed by atoms with Crippen molar-refractivity contribution in [2.24, 2.45) is 0 Å². The second-order valence-corrected chi connectivity index (χ2v) is 6.57. The Morgan fingerprint density at radius 3 is 2.56 bits per heavy atom. The maximum absolute atomic E-state index is 11.0. The van der Waals surface area contributed by atoms with Gasteiger partial charge in [-0.15, -0.1) is 0 Å². The Labute approximate surface area is 156 Å². The molecule has 27 heavy (non-hydrogen) atoms. The van der Waals surface area contributed by atoms with Gasteiger partial charge in [0, 0.05) is 37.7 Å². The first kappa shape index (κ1) is 17.2. The molecule has 1 saturated heterocycles.